The highest BCUT2D eigenvalue weighted by atomic mass is 15.2. The van der Waals surface area contributed by atoms with Crippen molar-refractivity contribution in [2.24, 2.45) is 20.5 Å². The van der Waals surface area contributed by atoms with Gasteiger partial charge in [0.25, 0.3) is 0 Å². The first-order valence-electron chi connectivity index (χ1n) is 10.5. The van der Waals surface area contributed by atoms with E-state index in [-0.39, 0.29) is 22.2 Å². The van der Waals surface area contributed by atoms with Gasteiger partial charge in [-0.1, -0.05) is 40.5 Å². The first-order chi connectivity index (χ1) is 11.7. The maximum Gasteiger partial charge on any atom is 0.0760 e. The molecule has 0 aliphatic carbocycles. The van der Waals surface area contributed by atoms with Crippen LogP contribution in [0, 0.1) is 0 Å². The first-order valence-corrected chi connectivity index (χ1v) is 10.5. The molecule has 0 saturated carbocycles. The standard InChI is InChI=1S/C12H26N2.C10H22N2/c1-7-9-11(3,4)13-14-12(5,6)10-8-2;1-7-9(3,4)11-12-10(5,6)8-2/h7-10H2,1-6H3;7-8H2,1-6H3/b14-13+;12-11+. The Morgan fingerprint density at radius 1 is 0.423 bits per heavy atom. The van der Waals surface area contributed by atoms with Gasteiger partial charge in [-0.3, -0.25) is 0 Å². The Hall–Kier alpha value is -0.800. The van der Waals surface area contributed by atoms with E-state index in [0.717, 1.165) is 25.7 Å². The summed E-state index contributed by atoms with van der Waals surface area (Å²) >= 11 is 0. The van der Waals surface area contributed by atoms with Crippen LogP contribution in [-0.4, -0.2) is 22.2 Å². The molecule has 0 amide bonds. The lowest BCUT2D eigenvalue weighted by atomic mass is 9.99. The van der Waals surface area contributed by atoms with Crippen LogP contribution in [0.3, 0.4) is 0 Å². The fourth-order valence-corrected chi connectivity index (χ4v) is 2.01. The van der Waals surface area contributed by atoms with Crippen molar-refractivity contribution >= 4 is 0 Å². The lowest BCUT2D eigenvalue weighted by molar-refractivity contribution is 0.383. The molecule has 26 heavy (non-hydrogen) atoms. The second-order valence-corrected chi connectivity index (χ2v) is 9.86. The van der Waals surface area contributed by atoms with Gasteiger partial charge in [-0.25, -0.2) is 0 Å². The fraction of sp³-hybridized carbons (Fsp3) is 1.00. The molecule has 0 fully saturated rings. The van der Waals surface area contributed by atoms with Crippen molar-refractivity contribution in [3.63, 3.8) is 0 Å². The predicted molar refractivity (Wildman–Crippen MR) is 116 cm³/mol. The van der Waals surface area contributed by atoms with Crippen LogP contribution >= 0.6 is 0 Å². The minimum atomic E-state index is 0.00639. The average molecular weight is 369 g/mol. The normalized spacial score (nSPS) is 14.0. The topological polar surface area (TPSA) is 49.4 Å². The Morgan fingerprint density at radius 2 is 0.654 bits per heavy atom. The van der Waals surface area contributed by atoms with Gasteiger partial charge < -0.3 is 0 Å². The third-order valence-electron chi connectivity index (χ3n) is 4.64. The highest BCUT2D eigenvalue weighted by Gasteiger charge is 2.20. The average Bonchev–Trinajstić information content (AvgIpc) is 2.52. The van der Waals surface area contributed by atoms with Crippen molar-refractivity contribution < 1.29 is 0 Å². The molecule has 0 spiro atoms. The van der Waals surface area contributed by atoms with E-state index < -0.39 is 0 Å². The van der Waals surface area contributed by atoms with Gasteiger partial charge >= 0.3 is 0 Å². The fourth-order valence-electron chi connectivity index (χ4n) is 2.01. The van der Waals surface area contributed by atoms with Gasteiger partial charge in [0.2, 0.25) is 0 Å². The number of nitrogens with zero attached hydrogens (tertiary/aromatic N) is 4. The highest BCUT2D eigenvalue weighted by molar-refractivity contribution is 4.80. The maximum atomic E-state index is 4.46. The summed E-state index contributed by atoms with van der Waals surface area (Å²) in [4.78, 5) is 0. The molecule has 0 bridgehead atoms. The third kappa shape index (κ3) is 15.5. The lowest BCUT2D eigenvalue weighted by Gasteiger charge is -2.22. The summed E-state index contributed by atoms with van der Waals surface area (Å²) in [6.45, 7) is 25.7. The molecule has 0 atom stereocenters. The van der Waals surface area contributed by atoms with Crippen LogP contribution in [-0.2, 0) is 0 Å². The summed E-state index contributed by atoms with van der Waals surface area (Å²) in [6.07, 6.45) is 6.63. The molecule has 0 aliphatic rings. The second kappa shape index (κ2) is 11.8. The van der Waals surface area contributed by atoms with E-state index in [2.05, 4.69) is 104 Å². The monoisotopic (exact) mass is 368 g/mol. The summed E-state index contributed by atoms with van der Waals surface area (Å²) in [5, 5.41) is 17.6. The van der Waals surface area contributed by atoms with Crippen molar-refractivity contribution in [2.75, 3.05) is 0 Å². The highest BCUT2D eigenvalue weighted by Crippen LogP contribution is 2.23. The molecule has 0 aromatic carbocycles. The number of hydrogen-bond donors (Lipinski definition) is 0. The number of azo groups is 2. The molecule has 0 aliphatic heterocycles. The summed E-state index contributed by atoms with van der Waals surface area (Å²) in [5.41, 5.74) is 0.0401. The molecule has 0 radical (unpaired) electrons. The smallest absolute Gasteiger partial charge is 0.0760 e. The van der Waals surface area contributed by atoms with Crippen molar-refractivity contribution in [1.82, 2.24) is 0 Å². The molecule has 0 heterocycles. The molecule has 0 aromatic rings. The maximum absolute atomic E-state index is 4.46. The molecule has 4 nitrogen and oxygen atoms in total. The Balaban J connectivity index is 0. The van der Waals surface area contributed by atoms with Crippen LogP contribution in [0.15, 0.2) is 20.5 Å². The van der Waals surface area contributed by atoms with Gasteiger partial charge in [0, 0.05) is 0 Å². The van der Waals surface area contributed by atoms with Crippen molar-refractivity contribution in [2.45, 2.75) is 144 Å². The van der Waals surface area contributed by atoms with E-state index >= 15 is 0 Å². The van der Waals surface area contributed by atoms with Crippen LogP contribution in [0.4, 0.5) is 0 Å². The molecule has 0 aromatic heterocycles. The van der Waals surface area contributed by atoms with E-state index in [9.17, 15) is 0 Å². The Kier molecular flexibility index (Phi) is 12.5. The molecule has 0 rings (SSSR count). The van der Waals surface area contributed by atoms with Crippen molar-refractivity contribution in [1.29, 1.82) is 0 Å². The van der Waals surface area contributed by atoms with Crippen LogP contribution in [0.1, 0.15) is 122 Å². The molecular formula is C22H48N4. The summed E-state index contributed by atoms with van der Waals surface area (Å²) in [7, 11) is 0. The van der Waals surface area contributed by atoms with E-state index in [1.54, 1.807) is 0 Å². The second-order valence-electron chi connectivity index (χ2n) is 9.86. The molecular weight excluding hydrogens is 320 g/mol. The van der Waals surface area contributed by atoms with Gasteiger partial charge in [-0.2, -0.15) is 20.5 Å². The largest absolute Gasteiger partial charge is 0.187 e. The van der Waals surface area contributed by atoms with E-state index in [4.69, 9.17) is 0 Å². The summed E-state index contributed by atoms with van der Waals surface area (Å²) in [6, 6.07) is 0. The van der Waals surface area contributed by atoms with E-state index in [0.29, 0.717) is 0 Å². The minimum absolute atomic E-state index is 0.00639. The van der Waals surface area contributed by atoms with Crippen molar-refractivity contribution in [3.8, 4) is 0 Å². The van der Waals surface area contributed by atoms with Gasteiger partial charge in [0.05, 0.1) is 22.2 Å². The Labute approximate surface area is 164 Å². The summed E-state index contributed by atoms with van der Waals surface area (Å²) in [5.74, 6) is 0. The van der Waals surface area contributed by atoms with Crippen LogP contribution in [0.25, 0.3) is 0 Å². The minimum Gasteiger partial charge on any atom is -0.187 e. The number of rotatable bonds is 10. The van der Waals surface area contributed by atoms with E-state index in [1.165, 1.54) is 12.8 Å². The first kappa shape index (κ1) is 27.4. The lowest BCUT2D eigenvalue weighted by Crippen LogP contribution is -2.20. The molecule has 0 N–H and O–H groups in total. The van der Waals surface area contributed by atoms with Gasteiger partial charge in [0.15, 0.2) is 0 Å². The SMILES string of the molecule is CCC(C)(C)/N=N/C(C)(C)CC.CCCC(C)(C)/N=N/C(C)(C)CCC. The van der Waals surface area contributed by atoms with E-state index in [1.807, 2.05) is 0 Å². The van der Waals surface area contributed by atoms with Gasteiger partial charge in [0.1, 0.15) is 0 Å². The number of hydrogen-bond acceptors (Lipinski definition) is 4. The Bertz CT molecular complexity index is 380. The quantitative estimate of drug-likeness (QED) is 0.347. The molecule has 4 heteroatoms. The van der Waals surface area contributed by atoms with Gasteiger partial charge in [-0.05, 0) is 81.1 Å². The zero-order chi connectivity index (χ0) is 21.1. The zero-order valence-electron chi connectivity index (χ0n) is 20.0. The molecule has 0 saturated heterocycles. The van der Waals surface area contributed by atoms with Crippen LogP contribution in [0.5, 0.6) is 0 Å². The Morgan fingerprint density at radius 3 is 0.846 bits per heavy atom. The zero-order valence-corrected chi connectivity index (χ0v) is 20.0. The van der Waals surface area contributed by atoms with Crippen LogP contribution < -0.4 is 0 Å². The van der Waals surface area contributed by atoms with Crippen molar-refractivity contribution in [3.05, 3.63) is 0 Å². The summed E-state index contributed by atoms with van der Waals surface area (Å²) < 4.78 is 0. The molecule has 156 valence electrons. The third-order valence-corrected chi connectivity index (χ3v) is 4.64. The van der Waals surface area contributed by atoms with Crippen LogP contribution in [0.2, 0.25) is 0 Å². The van der Waals surface area contributed by atoms with Gasteiger partial charge in [-0.15, -0.1) is 0 Å². The predicted octanol–water partition coefficient (Wildman–Crippen LogP) is 8.41. The molecule has 0 unspecified atom stereocenters.